The molecule has 0 saturated carbocycles. The summed E-state index contributed by atoms with van der Waals surface area (Å²) < 4.78 is 37.3. The Bertz CT molecular complexity index is 1200. The van der Waals surface area contributed by atoms with Gasteiger partial charge in [-0.05, 0) is 24.6 Å². The molecule has 1 heterocycles. The van der Waals surface area contributed by atoms with Crippen molar-refractivity contribution >= 4 is 49.8 Å². The first-order valence-corrected chi connectivity index (χ1v) is 13.4. The van der Waals surface area contributed by atoms with Crippen LogP contribution >= 0.6 is 23.1 Å². The molecule has 2 aromatic carbocycles. The molecular formula is C21H24N4O5S3. The Morgan fingerprint density at radius 1 is 1.12 bits per heavy atom. The molecule has 0 aliphatic heterocycles. The summed E-state index contributed by atoms with van der Waals surface area (Å²) in [5.41, 5.74) is 1.42. The van der Waals surface area contributed by atoms with Crippen molar-refractivity contribution in [3.05, 3.63) is 54.1 Å². The molecule has 1 atom stereocenters. The highest BCUT2D eigenvalue weighted by Crippen LogP contribution is 2.34. The minimum absolute atomic E-state index is 0.272. The number of carbonyl (C=O) groups is 1. The van der Waals surface area contributed by atoms with Crippen molar-refractivity contribution in [1.29, 1.82) is 0 Å². The zero-order valence-corrected chi connectivity index (χ0v) is 21.0. The number of thioether (sulfide) groups is 1. The van der Waals surface area contributed by atoms with Crippen LogP contribution in [0.2, 0.25) is 0 Å². The summed E-state index contributed by atoms with van der Waals surface area (Å²) in [4.78, 5) is 12.9. The Morgan fingerprint density at radius 2 is 1.82 bits per heavy atom. The van der Waals surface area contributed by atoms with Gasteiger partial charge in [0.1, 0.15) is 6.04 Å². The van der Waals surface area contributed by atoms with E-state index in [-0.39, 0.29) is 5.69 Å². The second-order valence-electron chi connectivity index (χ2n) is 6.91. The van der Waals surface area contributed by atoms with Gasteiger partial charge >= 0.3 is 0 Å². The van der Waals surface area contributed by atoms with Gasteiger partial charge in [0.25, 0.3) is 0 Å². The molecule has 3 rings (SSSR count). The Morgan fingerprint density at radius 3 is 2.45 bits per heavy atom. The zero-order valence-electron chi connectivity index (χ0n) is 18.5. The number of benzene rings is 2. The highest BCUT2D eigenvalue weighted by Gasteiger charge is 2.30. The Kier molecular flexibility index (Phi) is 8.16. The smallest absolute Gasteiger partial charge is 0.249 e. The number of carbonyl (C=O) groups excluding carboxylic acids is 1. The Balaban J connectivity index is 1.73. The first-order valence-electron chi connectivity index (χ1n) is 9.75. The van der Waals surface area contributed by atoms with Crippen molar-refractivity contribution in [2.45, 2.75) is 23.1 Å². The van der Waals surface area contributed by atoms with Gasteiger partial charge in [-0.1, -0.05) is 53.4 Å². The molecule has 0 fully saturated rings. The molecule has 176 valence electrons. The minimum atomic E-state index is -3.79. The van der Waals surface area contributed by atoms with Gasteiger partial charge in [-0.15, -0.1) is 10.2 Å². The number of rotatable bonds is 10. The van der Waals surface area contributed by atoms with E-state index < -0.39 is 22.0 Å². The average Bonchev–Trinajstić information content (AvgIpc) is 3.24. The number of ether oxygens (including phenoxy) is 2. The molecule has 0 bridgehead atoms. The fourth-order valence-corrected chi connectivity index (χ4v) is 5.90. The monoisotopic (exact) mass is 508 g/mol. The lowest BCUT2D eigenvalue weighted by molar-refractivity contribution is -0.116. The molecule has 12 heteroatoms. The summed E-state index contributed by atoms with van der Waals surface area (Å²) in [6.45, 7) is 1.50. The van der Waals surface area contributed by atoms with Gasteiger partial charge in [-0.3, -0.25) is 14.4 Å². The molecule has 1 N–H and O–H groups in total. The molecule has 0 radical (unpaired) electrons. The van der Waals surface area contributed by atoms with E-state index in [1.807, 2.05) is 30.3 Å². The molecule has 0 saturated heterocycles. The van der Waals surface area contributed by atoms with Crippen LogP contribution in [0, 0.1) is 0 Å². The van der Waals surface area contributed by atoms with Crippen LogP contribution in [0.15, 0.2) is 52.9 Å². The minimum Gasteiger partial charge on any atom is -0.493 e. The number of hydrogen-bond acceptors (Lipinski definition) is 9. The lowest BCUT2D eigenvalue weighted by Gasteiger charge is -2.28. The second-order valence-corrected chi connectivity index (χ2v) is 11.0. The lowest BCUT2D eigenvalue weighted by Crippen LogP contribution is -2.45. The molecule has 1 amide bonds. The van der Waals surface area contributed by atoms with Crippen molar-refractivity contribution in [2.24, 2.45) is 0 Å². The highest BCUT2D eigenvalue weighted by molar-refractivity contribution is 8.00. The number of amides is 1. The first kappa shape index (κ1) is 24.8. The van der Waals surface area contributed by atoms with Crippen molar-refractivity contribution in [1.82, 2.24) is 10.2 Å². The summed E-state index contributed by atoms with van der Waals surface area (Å²) in [5, 5.41) is 11.1. The number of anilines is 2. The molecule has 3 aromatic rings. The molecule has 0 spiro atoms. The normalized spacial score (nSPS) is 12.1. The maximum Gasteiger partial charge on any atom is 0.249 e. The van der Waals surface area contributed by atoms with Crippen LogP contribution in [0.1, 0.15) is 12.5 Å². The quantitative estimate of drug-likeness (QED) is 0.326. The fourth-order valence-electron chi connectivity index (χ4n) is 3.02. The molecule has 33 heavy (non-hydrogen) atoms. The number of hydrogen-bond donors (Lipinski definition) is 1. The standard InChI is InChI=1S/C21H24N4O5S3/c1-14(25(33(4,27)28)16-10-11-17(29-2)18(12-16)30-3)19(26)22-20-23-24-21(32-20)31-13-15-8-6-5-7-9-15/h5-12,14H,13H2,1-4H3,(H,22,23,26)/t14-/m1/s1. The average molecular weight is 509 g/mol. The van der Waals surface area contributed by atoms with Crippen LogP contribution in [0.4, 0.5) is 10.8 Å². The van der Waals surface area contributed by atoms with E-state index >= 15 is 0 Å². The van der Waals surface area contributed by atoms with Crippen LogP contribution in [0.25, 0.3) is 0 Å². The number of nitrogens with one attached hydrogen (secondary N) is 1. The molecule has 1 aromatic heterocycles. The van der Waals surface area contributed by atoms with E-state index in [2.05, 4.69) is 15.5 Å². The SMILES string of the molecule is COc1ccc(N([C@H](C)C(=O)Nc2nnc(SCc3ccccc3)s2)S(C)(=O)=O)cc1OC. The molecule has 0 unspecified atom stereocenters. The van der Waals surface area contributed by atoms with E-state index in [4.69, 9.17) is 9.47 Å². The van der Waals surface area contributed by atoms with Crippen LogP contribution in [-0.2, 0) is 20.6 Å². The summed E-state index contributed by atoms with van der Waals surface area (Å²) in [6.07, 6.45) is 1.04. The third-order valence-corrected chi connectivity index (χ3v) is 7.84. The number of nitrogens with zero attached hydrogens (tertiary/aromatic N) is 3. The first-order chi connectivity index (χ1) is 15.7. The van der Waals surface area contributed by atoms with Gasteiger partial charge in [-0.25, -0.2) is 8.42 Å². The number of sulfonamides is 1. The fraction of sp³-hybridized carbons (Fsp3) is 0.286. The molecular weight excluding hydrogens is 484 g/mol. The van der Waals surface area contributed by atoms with E-state index in [9.17, 15) is 13.2 Å². The molecule has 0 aliphatic carbocycles. The van der Waals surface area contributed by atoms with Gasteiger partial charge in [0.15, 0.2) is 15.8 Å². The topological polar surface area (TPSA) is 111 Å². The second kappa shape index (κ2) is 10.9. The summed E-state index contributed by atoms with van der Waals surface area (Å²) in [5.74, 6) is 0.980. The maximum atomic E-state index is 12.9. The van der Waals surface area contributed by atoms with Crippen LogP contribution < -0.4 is 19.1 Å². The van der Waals surface area contributed by atoms with Crippen LogP contribution in [0.3, 0.4) is 0 Å². The van der Waals surface area contributed by atoms with Gasteiger partial charge < -0.3 is 9.47 Å². The predicted molar refractivity (Wildman–Crippen MR) is 131 cm³/mol. The van der Waals surface area contributed by atoms with Crippen LogP contribution in [0.5, 0.6) is 11.5 Å². The Hall–Kier alpha value is -2.83. The zero-order chi connectivity index (χ0) is 24.0. The van der Waals surface area contributed by atoms with Crippen molar-refractivity contribution < 1.29 is 22.7 Å². The van der Waals surface area contributed by atoms with Crippen molar-refractivity contribution in [3.8, 4) is 11.5 Å². The maximum absolute atomic E-state index is 12.9. The number of aromatic nitrogens is 2. The highest BCUT2D eigenvalue weighted by atomic mass is 32.2. The van der Waals surface area contributed by atoms with Gasteiger partial charge in [0, 0.05) is 11.8 Å². The molecule has 0 aliphatic rings. The molecule has 9 nitrogen and oxygen atoms in total. The van der Waals surface area contributed by atoms with E-state index in [1.54, 1.807) is 12.1 Å². The summed E-state index contributed by atoms with van der Waals surface area (Å²) in [6, 6.07) is 13.5. The van der Waals surface area contributed by atoms with Crippen molar-refractivity contribution in [3.63, 3.8) is 0 Å². The van der Waals surface area contributed by atoms with E-state index in [0.717, 1.165) is 21.9 Å². The van der Waals surface area contributed by atoms with E-state index in [1.165, 1.54) is 50.3 Å². The number of methoxy groups -OCH3 is 2. The lowest BCUT2D eigenvalue weighted by atomic mass is 10.2. The van der Waals surface area contributed by atoms with Gasteiger partial charge in [-0.2, -0.15) is 0 Å². The van der Waals surface area contributed by atoms with Crippen molar-refractivity contribution in [2.75, 3.05) is 30.1 Å². The van der Waals surface area contributed by atoms with Crippen LogP contribution in [-0.4, -0.2) is 51.0 Å². The largest absolute Gasteiger partial charge is 0.493 e. The third kappa shape index (κ3) is 6.36. The van der Waals surface area contributed by atoms with E-state index in [0.29, 0.717) is 21.0 Å². The summed E-state index contributed by atoms with van der Waals surface area (Å²) in [7, 11) is -0.861. The van der Waals surface area contributed by atoms with Gasteiger partial charge in [0.2, 0.25) is 21.1 Å². The summed E-state index contributed by atoms with van der Waals surface area (Å²) >= 11 is 2.73. The third-order valence-electron chi connectivity index (χ3n) is 4.55. The van der Waals surface area contributed by atoms with Gasteiger partial charge in [0.05, 0.1) is 26.2 Å². The predicted octanol–water partition coefficient (Wildman–Crippen LogP) is 3.64. The Labute approximate surface area is 201 Å².